The third-order valence-corrected chi connectivity index (χ3v) is 10.4. The lowest BCUT2D eigenvalue weighted by molar-refractivity contribution is 0.303. The van der Waals surface area contributed by atoms with Crippen LogP contribution < -0.4 is 20.1 Å². The number of allylic oxidation sites excluding steroid dienone is 8. The molecule has 7 rings (SSSR count). The fourth-order valence-corrected chi connectivity index (χ4v) is 7.82. The SMILES string of the molecule is CC1=C(C#N)C(c2ccccc2OCc2c3ccccc3c(COc3ccccc3C3C(C#N)=C(C)NC(C)=C3C#N)c3ccccc23)C(C#N)=C(C)N1. The molecule has 0 atom stereocenters. The number of ether oxygens (including phenoxy) is 2. The minimum Gasteiger partial charge on any atom is -0.489 e. The van der Waals surface area contributed by atoms with Gasteiger partial charge in [0.2, 0.25) is 0 Å². The van der Waals surface area contributed by atoms with E-state index in [1.165, 1.54) is 0 Å². The zero-order chi connectivity index (χ0) is 37.9. The van der Waals surface area contributed by atoms with Crippen LogP contribution in [0.4, 0.5) is 0 Å². The molecule has 0 radical (unpaired) electrons. The highest BCUT2D eigenvalue weighted by Gasteiger charge is 2.33. The number of rotatable bonds is 8. The van der Waals surface area contributed by atoms with E-state index in [1.54, 1.807) is 0 Å². The summed E-state index contributed by atoms with van der Waals surface area (Å²) >= 11 is 0. The number of dihydropyridines is 2. The lowest BCUT2D eigenvalue weighted by Gasteiger charge is -2.28. The Labute approximate surface area is 314 Å². The number of fused-ring (bicyclic) bond motifs is 2. The van der Waals surface area contributed by atoms with Gasteiger partial charge in [-0.25, -0.2) is 0 Å². The minimum absolute atomic E-state index is 0.239. The summed E-state index contributed by atoms with van der Waals surface area (Å²) in [5.74, 6) is 0.0984. The van der Waals surface area contributed by atoms with Crippen LogP contribution in [0.3, 0.4) is 0 Å². The van der Waals surface area contributed by atoms with Gasteiger partial charge in [-0.3, -0.25) is 0 Å². The lowest BCUT2D eigenvalue weighted by Crippen LogP contribution is -2.23. The maximum Gasteiger partial charge on any atom is 0.124 e. The molecule has 0 unspecified atom stereocenters. The van der Waals surface area contributed by atoms with Crippen molar-refractivity contribution >= 4 is 21.5 Å². The molecule has 2 N–H and O–H groups in total. The van der Waals surface area contributed by atoms with Crippen LogP contribution in [0.1, 0.15) is 61.8 Å². The molecule has 5 aromatic carbocycles. The van der Waals surface area contributed by atoms with Gasteiger partial charge in [0.05, 0.1) is 58.4 Å². The van der Waals surface area contributed by atoms with Crippen molar-refractivity contribution in [3.8, 4) is 35.8 Å². The third kappa shape index (κ3) is 6.07. The molecule has 2 heterocycles. The Morgan fingerprint density at radius 1 is 0.444 bits per heavy atom. The largest absolute Gasteiger partial charge is 0.489 e. The van der Waals surface area contributed by atoms with Crippen LogP contribution >= 0.6 is 0 Å². The first kappa shape index (κ1) is 35.2. The van der Waals surface area contributed by atoms with Crippen LogP contribution in [0.25, 0.3) is 21.5 Å². The summed E-state index contributed by atoms with van der Waals surface area (Å²) in [6.07, 6.45) is 0. The normalized spacial score (nSPS) is 15.0. The number of benzene rings is 5. The monoisotopic (exact) mass is 704 g/mol. The van der Waals surface area contributed by atoms with Crippen LogP contribution in [0.5, 0.6) is 11.5 Å². The molecule has 5 aromatic rings. The predicted octanol–water partition coefficient (Wildman–Crippen LogP) is 9.71. The zero-order valence-corrected chi connectivity index (χ0v) is 30.4. The number of hydrogen-bond donors (Lipinski definition) is 2. The number of nitrogens with one attached hydrogen (secondary N) is 2. The van der Waals surface area contributed by atoms with Gasteiger partial charge >= 0.3 is 0 Å². The Balaban J connectivity index is 1.28. The van der Waals surface area contributed by atoms with Gasteiger partial charge in [0.15, 0.2) is 0 Å². The molecular weight excluding hydrogens is 669 g/mol. The van der Waals surface area contributed by atoms with Crippen molar-refractivity contribution < 1.29 is 9.47 Å². The second-order valence-electron chi connectivity index (χ2n) is 13.4. The van der Waals surface area contributed by atoms with Crippen LogP contribution in [0.2, 0.25) is 0 Å². The average Bonchev–Trinajstić information content (AvgIpc) is 3.19. The van der Waals surface area contributed by atoms with Gasteiger partial charge in [0, 0.05) is 45.0 Å². The lowest BCUT2D eigenvalue weighted by atomic mass is 9.81. The highest BCUT2D eigenvalue weighted by atomic mass is 16.5. The van der Waals surface area contributed by atoms with Crippen LogP contribution in [-0.4, -0.2) is 0 Å². The third-order valence-electron chi connectivity index (χ3n) is 10.4. The van der Waals surface area contributed by atoms with Crippen molar-refractivity contribution in [2.45, 2.75) is 52.7 Å². The predicted molar refractivity (Wildman–Crippen MR) is 208 cm³/mol. The molecule has 2 aliphatic heterocycles. The van der Waals surface area contributed by atoms with E-state index >= 15 is 0 Å². The van der Waals surface area contributed by atoms with Crippen LogP contribution in [0, 0.1) is 45.3 Å². The summed E-state index contributed by atoms with van der Waals surface area (Å²) in [4.78, 5) is 0. The van der Waals surface area contributed by atoms with Crippen molar-refractivity contribution in [3.63, 3.8) is 0 Å². The van der Waals surface area contributed by atoms with Crippen LogP contribution in [-0.2, 0) is 13.2 Å². The molecule has 262 valence electrons. The topological polar surface area (TPSA) is 138 Å². The highest BCUT2D eigenvalue weighted by molar-refractivity contribution is 6.05. The molecule has 0 amide bonds. The van der Waals surface area contributed by atoms with Gasteiger partial charge in [-0.15, -0.1) is 0 Å². The summed E-state index contributed by atoms with van der Waals surface area (Å²) in [5, 5.41) is 51.0. The average molecular weight is 705 g/mol. The molecule has 0 aromatic heterocycles. The second-order valence-corrected chi connectivity index (χ2v) is 13.4. The fourth-order valence-electron chi connectivity index (χ4n) is 7.82. The Bertz CT molecular complexity index is 2360. The Morgan fingerprint density at radius 2 is 0.722 bits per heavy atom. The molecule has 2 aliphatic rings. The second kappa shape index (κ2) is 14.8. The van der Waals surface area contributed by atoms with E-state index in [9.17, 15) is 21.0 Å². The van der Waals surface area contributed by atoms with E-state index in [1.807, 2.05) is 100 Å². The highest BCUT2D eigenvalue weighted by Crippen LogP contribution is 2.44. The molecule has 0 fully saturated rings. The van der Waals surface area contributed by atoms with Gasteiger partial charge in [-0.05, 0) is 61.4 Å². The summed E-state index contributed by atoms with van der Waals surface area (Å²) in [5.41, 5.74) is 8.33. The van der Waals surface area contributed by atoms with E-state index < -0.39 is 11.8 Å². The van der Waals surface area contributed by atoms with Gasteiger partial charge in [-0.1, -0.05) is 84.9 Å². The molecule has 0 bridgehead atoms. The summed E-state index contributed by atoms with van der Waals surface area (Å²) < 4.78 is 13.4. The van der Waals surface area contributed by atoms with E-state index in [0.29, 0.717) is 33.8 Å². The van der Waals surface area contributed by atoms with Crippen molar-refractivity contribution in [1.29, 1.82) is 21.0 Å². The maximum absolute atomic E-state index is 10.2. The Morgan fingerprint density at radius 3 is 1.02 bits per heavy atom. The minimum atomic E-state index is -0.550. The van der Waals surface area contributed by atoms with Crippen molar-refractivity contribution in [1.82, 2.24) is 10.6 Å². The molecular formula is C46H36N6O2. The standard InChI is InChI=1S/C46H36N6O2/c1-27-37(21-47)45(38(22-48)28(2)51-27)35-17-9-11-19-43(35)53-25-41-31-13-5-7-15-33(31)42(34-16-8-6-14-32(34)41)26-54-44-20-12-10-18-36(44)46-39(23-49)29(3)52-30(4)40(46)24-50/h5-20,45-46,51-52H,25-26H2,1-4H3. The van der Waals surface area contributed by atoms with Gasteiger partial charge in [0.1, 0.15) is 24.7 Å². The van der Waals surface area contributed by atoms with Gasteiger partial charge < -0.3 is 20.1 Å². The molecule has 8 nitrogen and oxygen atoms in total. The van der Waals surface area contributed by atoms with Crippen molar-refractivity contribution in [3.05, 3.63) is 164 Å². The first-order chi connectivity index (χ1) is 26.3. The quantitative estimate of drug-likeness (QED) is 0.152. The van der Waals surface area contributed by atoms with E-state index in [-0.39, 0.29) is 13.2 Å². The molecule has 0 saturated heterocycles. The Kier molecular flexibility index (Phi) is 9.61. The van der Waals surface area contributed by atoms with Crippen molar-refractivity contribution in [2.75, 3.05) is 0 Å². The van der Waals surface area contributed by atoms with Crippen LogP contribution in [0.15, 0.2) is 142 Å². The van der Waals surface area contributed by atoms with Crippen molar-refractivity contribution in [2.24, 2.45) is 0 Å². The van der Waals surface area contributed by atoms with E-state index in [4.69, 9.17) is 9.47 Å². The molecule has 54 heavy (non-hydrogen) atoms. The van der Waals surface area contributed by atoms with Gasteiger partial charge in [0.25, 0.3) is 0 Å². The molecule has 0 spiro atoms. The summed E-state index contributed by atoms with van der Waals surface area (Å²) in [7, 11) is 0. The fraction of sp³-hybridized carbons (Fsp3) is 0.174. The molecule has 0 saturated carbocycles. The maximum atomic E-state index is 10.2. The summed E-state index contributed by atoms with van der Waals surface area (Å²) in [6.45, 7) is 7.89. The first-order valence-corrected chi connectivity index (χ1v) is 17.6. The molecule has 8 heteroatoms. The first-order valence-electron chi connectivity index (χ1n) is 17.6. The zero-order valence-electron chi connectivity index (χ0n) is 30.4. The number of nitrogens with zero attached hydrogens (tertiary/aromatic N) is 4. The molecule has 0 aliphatic carbocycles. The number of nitriles is 4. The number of hydrogen-bond acceptors (Lipinski definition) is 8. The Hall–Kier alpha value is -7.26. The number of para-hydroxylation sites is 2. The smallest absolute Gasteiger partial charge is 0.124 e. The van der Waals surface area contributed by atoms with E-state index in [2.05, 4.69) is 59.2 Å². The summed E-state index contributed by atoms with van der Waals surface area (Å²) in [6, 6.07) is 40.9. The van der Waals surface area contributed by atoms with Gasteiger partial charge in [-0.2, -0.15) is 21.0 Å². The van der Waals surface area contributed by atoms with E-state index in [0.717, 1.165) is 66.6 Å².